The van der Waals surface area contributed by atoms with Crippen LogP contribution in [-0.2, 0) is 16.1 Å². The second kappa shape index (κ2) is 12.7. The van der Waals surface area contributed by atoms with Crippen molar-refractivity contribution in [3.05, 3.63) is 71.8 Å². The first-order valence-electron chi connectivity index (χ1n) is 14.6. The van der Waals surface area contributed by atoms with Crippen molar-refractivity contribution < 1.29 is 19.7 Å². The van der Waals surface area contributed by atoms with Crippen LogP contribution in [0.5, 0.6) is 0 Å². The van der Waals surface area contributed by atoms with Crippen LogP contribution in [0.25, 0.3) is 0 Å². The highest BCUT2D eigenvalue weighted by atomic mass is 16.5. The Labute approximate surface area is 227 Å². The van der Waals surface area contributed by atoms with Crippen molar-refractivity contribution in [2.45, 2.75) is 69.1 Å². The van der Waals surface area contributed by atoms with E-state index in [0.29, 0.717) is 37.5 Å². The van der Waals surface area contributed by atoms with E-state index in [-0.39, 0.29) is 5.92 Å². The summed E-state index contributed by atoms with van der Waals surface area (Å²) >= 11 is 0. The zero-order valence-corrected chi connectivity index (χ0v) is 22.6. The fourth-order valence-electron chi connectivity index (χ4n) is 7.13. The summed E-state index contributed by atoms with van der Waals surface area (Å²) in [6.45, 7) is 5.75. The number of aliphatic hydroxyl groups is 1. The Morgan fingerprint density at radius 2 is 1.61 bits per heavy atom. The largest absolute Gasteiger partial charge is 0.481 e. The van der Waals surface area contributed by atoms with E-state index in [4.69, 9.17) is 4.74 Å². The van der Waals surface area contributed by atoms with Crippen LogP contribution >= 0.6 is 0 Å². The number of aliphatic carboxylic acids is 1. The first-order valence-corrected chi connectivity index (χ1v) is 14.6. The summed E-state index contributed by atoms with van der Waals surface area (Å²) in [7, 11) is 0. The number of hydrogen-bond acceptors (Lipinski definition) is 5. The van der Waals surface area contributed by atoms with Gasteiger partial charge in [-0.1, -0.05) is 73.5 Å². The highest BCUT2D eigenvalue weighted by molar-refractivity contribution is 5.67. The first-order chi connectivity index (χ1) is 18.5. The highest BCUT2D eigenvalue weighted by Crippen LogP contribution is 2.40. The molecule has 2 heterocycles. The third-order valence-electron chi connectivity index (χ3n) is 9.23. The highest BCUT2D eigenvalue weighted by Gasteiger charge is 2.42. The van der Waals surface area contributed by atoms with Crippen LogP contribution in [0.3, 0.4) is 0 Å². The molecule has 2 aromatic carbocycles. The second-order valence-corrected chi connectivity index (χ2v) is 11.9. The van der Waals surface area contributed by atoms with Gasteiger partial charge >= 0.3 is 5.97 Å². The van der Waals surface area contributed by atoms with Gasteiger partial charge in [0.05, 0.1) is 18.8 Å². The van der Waals surface area contributed by atoms with E-state index in [1.54, 1.807) is 0 Å². The molecule has 0 radical (unpaired) electrons. The summed E-state index contributed by atoms with van der Waals surface area (Å²) in [5.74, 6) is 0.562. The lowest BCUT2D eigenvalue weighted by atomic mass is 9.81. The smallest absolute Gasteiger partial charge is 0.303 e. The van der Waals surface area contributed by atoms with E-state index < -0.39 is 11.6 Å². The Morgan fingerprint density at radius 3 is 2.32 bits per heavy atom. The standard InChI is InChI=1S/C32H44N2O4/c35-31(36)19-27-13-7-8-14-30(27)34-21-28(29(22-34)26-11-5-2-6-12-26)20-33-17-15-32(37,16-18-33)24-38-23-25-9-3-1-4-10-25/h1-6,9-12,27-30,37H,7-8,13-24H2,(H,35,36). The minimum Gasteiger partial charge on any atom is -0.481 e. The van der Waals surface area contributed by atoms with Gasteiger partial charge in [-0.25, -0.2) is 0 Å². The first kappa shape index (κ1) is 27.3. The monoisotopic (exact) mass is 520 g/mol. The number of piperidine rings is 1. The van der Waals surface area contributed by atoms with Gasteiger partial charge in [0.1, 0.15) is 0 Å². The minimum absolute atomic E-state index is 0.261. The molecule has 1 saturated carbocycles. The molecule has 206 valence electrons. The zero-order valence-electron chi connectivity index (χ0n) is 22.6. The van der Waals surface area contributed by atoms with Crippen LogP contribution in [0, 0.1) is 11.8 Å². The van der Waals surface area contributed by atoms with Gasteiger partial charge in [0.2, 0.25) is 0 Å². The van der Waals surface area contributed by atoms with Crippen molar-refractivity contribution >= 4 is 5.97 Å². The molecule has 38 heavy (non-hydrogen) atoms. The van der Waals surface area contributed by atoms with Crippen LogP contribution < -0.4 is 0 Å². The van der Waals surface area contributed by atoms with Crippen LogP contribution in [0.2, 0.25) is 0 Å². The molecule has 2 N–H and O–H groups in total. The molecule has 1 aliphatic carbocycles. The Bertz CT molecular complexity index is 1010. The third-order valence-corrected chi connectivity index (χ3v) is 9.23. The molecule has 4 atom stereocenters. The summed E-state index contributed by atoms with van der Waals surface area (Å²) in [6, 6.07) is 21.4. The molecular formula is C32H44N2O4. The topological polar surface area (TPSA) is 73.2 Å². The van der Waals surface area contributed by atoms with Gasteiger partial charge < -0.3 is 19.8 Å². The number of carbonyl (C=O) groups is 1. The fraction of sp³-hybridized carbons (Fsp3) is 0.594. The van der Waals surface area contributed by atoms with Crippen molar-refractivity contribution in [3.63, 3.8) is 0 Å². The van der Waals surface area contributed by atoms with Crippen molar-refractivity contribution in [2.24, 2.45) is 11.8 Å². The number of nitrogens with zero attached hydrogens (tertiary/aromatic N) is 2. The van der Waals surface area contributed by atoms with Gasteiger partial charge in [-0.15, -0.1) is 0 Å². The molecule has 2 aliphatic heterocycles. The van der Waals surface area contributed by atoms with E-state index in [9.17, 15) is 15.0 Å². The van der Waals surface area contributed by atoms with Crippen LogP contribution in [0.1, 0.15) is 62.0 Å². The molecule has 6 heteroatoms. The van der Waals surface area contributed by atoms with Crippen molar-refractivity contribution in [2.75, 3.05) is 39.3 Å². The summed E-state index contributed by atoms with van der Waals surface area (Å²) in [5.41, 5.74) is 1.78. The molecule has 5 rings (SSSR count). The maximum atomic E-state index is 11.6. The number of rotatable bonds is 10. The number of ether oxygens (including phenoxy) is 1. The molecule has 4 unspecified atom stereocenters. The number of carboxylic acid groups (broad SMARTS) is 1. The maximum absolute atomic E-state index is 11.6. The molecule has 3 aliphatic rings. The van der Waals surface area contributed by atoms with Gasteiger partial charge in [-0.3, -0.25) is 9.69 Å². The Kier molecular flexibility index (Phi) is 9.16. The van der Waals surface area contributed by atoms with Crippen LogP contribution in [0.15, 0.2) is 60.7 Å². The van der Waals surface area contributed by atoms with E-state index >= 15 is 0 Å². The van der Waals surface area contributed by atoms with Crippen molar-refractivity contribution in [3.8, 4) is 0 Å². The summed E-state index contributed by atoms with van der Waals surface area (Å²) < 4.78 is 5.91. The molecule has 2 saturated heterocycles. The lowest BCUT2D eigenvalue weighted by molar-refractivity contribution is -0.139. The minimum atomic E-state index is -0.752. The van der Waals surface area contributed by atoms with Gasteiger partial charge in [0, 0.05) is 51.1 Å². The lowest BCUT2D eigenvalue weighted by Crippen LogP contribution is -2.48. The zero-order chi connectivity index (χ0) is 26.4. The molecule has 0 bridgehead atoms. The normalized spacial score (nSPS) is 28.3. The predicted molar refractivity (Wildman–Crippen MR) is 149 cm³/mol. The average Bonchev–Trinajstić information content (AvgIpc) is 3.35. The quantitative estimate of drug-likeness (QED) is 0.470. The molecule has 0 aromatic heterocycles. The maximum Gasteiger partial charge on any atom is 0.303 e. The summed E-state index contributed by atoms with van der Waals surface area (Å²) in [5, 5.41) is 20.7. The van der Waals surface area contributed by atoms with E-state index in [1.165, 1.54) is 12.0 Å². The number of carboxylic acids is 1. The lowest BCUT2D eigenvalue weighted by Gasteiger charge is -2.40. The fourth-order valence-corrected chi connectivity index (χ4v) is 7.13. The molecule has 0 spiro atoms. The van der Waals surface area contributed by atoms with Gasteiger partial charge in [0.25, 0.3) is 0 Å². The van der Waals surface area contributed by atoms with E-state index in [2.05, 4.69) is 52.3 Å². The Morgan fingerprint density at radius 1 is 0.921 bits per heavy atom. The molecular weight excluding hydrogens is 476 g/mol. The second-order valence-electron chi connectivity index (χ2n) is 11.9. The van der Waals surface area contributed by atoms with Gasteiger partial charge in [-0.2, -0.15) is 0 Å². The van der Waals surface area contributed by atoms with Crippen molar-refractivity contribution in [1.29, 1.82) is 0 Å². The molecule has 2 aromatic rings. The van der Waals surface area contributed by atoms with Gasteiger partial charge in [0.15, 0.2) is 0 Å². The predicted octanol–water partition coefficient (Wildman–Crippen LogP) is 4.78. The third kappa shape index (κ3) is 7.03. The Balaban J connectivity index is 1.19. The number of benzene rings is 2. The Hall–Kier alpha value is -2.25. The van der Waals surface area contributed by atoms with Crippen LogP contribution in [-0.4, -0.2) is 77.0 Å². The number of likely N-dealkylation sites (tertiary alicyclic amines) is 2. The van der Waals surface area contributed by atoms with Gasteiger partial charge in [-0.05, 0) is 48.6 Å². The van der Waals surface area contributed by atoms with E-state index in [1.807, 2.05) is 18.2 Å². The van der Waals surface area contributed by atoms with E-state index in [0.717, 1.165) is 70.4 Å². The SMILES string of the molecule is O=C(O)CC1CCCCC1N1CC(CN2CCC(O)(COCc3ccccc3)CC2)C(c2ccccc2)C1. The molecule has 0 amide bonds. The number of hydrogen-bond donors (Lipinski definition) is 2. The molecule has 3 fully saturated rings. The van der Waals surface area contributed by atoms with Crippen molar-refractivity contribution in [1.82, 2.24) is 9.80 Å². The average molecular weight is 521 g/mol. The van der Waals surface area contributed by atoms with Crippen LogP contribution in [0.4, 0.5) is 0 Å². The summed E-state index contributed by atoms with van der Waals surface area (Å²) in [6.07, 6.45) is 6.26. The molecule has 6 nitrogen and oxygen atoms in total. The summed E-state index contributed by atoms with van der Waals surface area (Å²) in [4.78, 5) is 16.7.